The lowest BCUT2D eigenvalue weighted by molar-refractivity contribution is 0.421. The third-order valence-electron chi connectivity index (χ3n) is 3.01. The Bertz CT molecular complexity index is 698. The number of benzene rings is 1. The van der Waals surface area contributed by atoms with Gasteiger partial charge in [-0.25, -0.2) is 9.97 Å². The van der Waals surface area contributed by atoms with Gasteiger partial charge in [-0.1, -0.05) is 12.1 Å². The summed E-state index contributed by atoms with van der Waals surface area (Å²) in [5.74, 6) is 1.90. The molecular formula is C13H14N4O. The van der Waals surface area contributed by atoms with Crippen molar-refractivity contribution >= 4 is 17.0 Å². The van der Waals surface area contributed by atoms with Gasteiger partial charge in [0.15, 0.2) is 0 Å². The number of nitrogens with two attached hydrogens (primary N) is 1. The largest absolute Gasteiger partial charge is 0.444 e. The van der Waals surface area contributed by atoms with Gasteiger partial charge in [0.25, 0.3) is 0 Å². The van der Waals surface area contributed by atoms with Crippen LogP contribution in [0.15, 0.2) is 34.9 Å². The highest BCUT2D eigenvalue weighted by Gasteiger charge is 2.18. The second kappa shape index (κ2) is 3.87. The lowest BCUT2D eigenvalue weighted by Crippen LogP contribution is -2.10. The molecule has 0 aliphatic rings. The first-order valence-electron chi connectivity index (χ1n) is 5.81. The molecule has 1 aromatic carbocycles. The molecule has 0 aliphatic heterocycles. The Morgan fingerprint density at radius 2 is 2.11 bits per heavy atom. The minimum atomic E-state index is -0.0777. The monoisotopic (exact) mass is 242 g/mol. The highest BCUT2D eigenvalue weighted by atomic mass is 16.4. The number of aryl methyl sites for hydroxylation is 1. The lowest BCUT2D eigenvalue weighted by atomic mass is 10.3. The van der Waals surface area contributed by atoms with Crippen molar-refractivity contribution in [3.8, 4) is 0 Å². The number of rotatable bonds is 2. The van der Waals surface area contributed by atoms with Gasteiger partial charge < -0.3 is 10.2 Å². The molecule has 18 heavy (non-hydrogen) atoms. The van der Waals surface area contributed by atoms with E-state index in [1.165, 1.54) is 0 Å². The van der Waals surface area contributed by atoms with E-state index in [2.05, 4.69) is 9.97 Å². The molecule has 2 N–H and O–H groups in total. The molecule has 2 heterocycles. The average molecular weight is 242 g/mol. The maximum absolute atomic E-state index is 5.98. The Kier molecular flexibility index (Phi) is 2.33. The van der Waals surface area contributed by atoms with Crippen molar-refractivity contribution in [2.75, 3.05) is 5.73 Å². The first-order chi connectivity index (χ1) is 8.66. The van der Waals surface area contributed by atoms with Gasteiger partial charge in [-0.3, -0.25) is 4.57 Å². The first-order valence-corrected chi connectivity index (χ1v) is 5.81. The molecule has 0 saturated heterocycles. The quantitative estimate of drug-likeness (QED) is 0.749. The average Bonchev–Trinajstić information content (AvgIpc) is 2.91. The van der Waals surface area contributed by atoms with Crippen LogP contribution < -0.4 is 5.73 Å². The minimum absolute atomic E-state index is 0.0777. The van der Waals surface area contributed by atoms with E-state index in [4.69, 9.17) is 10.2 Å². The van der Waals surface area contributed by atoms with E-state index in [0.717, 1.165) is 16.8 Å². The fraction of sp³-hybridized carbons (Fsp3) is 0.231. The molecule has 5 heteroatoms. The zero-order valence-electron chi connectivity index (χ0n) is 10.3. The van der Waals surface area contributed by atoms with Gasteiger partial charge in [0.05, 0.1) is 17.2 Å². The lowest BCUT2D eigenvalue weighted by Gasteiger charge is -2.12. The van der Waals surface area contributed by atoms with Crippen molar-refractivity contribution in [3.05, 3.63) is 42.1 Å². The summed E-state index contributed by atoms with van der Waals surface area (Å²) in [6.45, 7) is 3.87. The molecule has 2 aromatic heterocycles. The summed E-state index contributed by atoms with van der Waals surface area (Å²) in [5, 5.41) is 0. The third kappa shape index (κ3) is 1.55. The Morgan fingerprint density at radius 3 is 2.83 bits per heavy atom. The zero-order chi connectivity index (χ0) is 12.7. The first kappa shape index (κ1) is 10.8. The molecule has 92 valence electrons. The van der Waals surface area contributed by atoms with Crippen molar-refractivity contribution in [2.45, 2.75) is 19.9 Å². The summed E-state index contributed by atoms with van der Waals surface area (Å²) in [5.41, 5.74) is 7.85. The second-order valence-electron chi connectivity index (χ2n) is 4.31. The van der Waals surface area contributed by atoms with Gasteiger partial charge in [-0.2, -0.15) is 0 Å². The van der Waals surface area contributed by atoms with E-state index in [1.54, 1.807) is 6.20 Å². The summed E-state index contributed by atoms with van der Waals surface area (Å²) >= 11 is 0. The summed E-state index contributed by atoms with van der Waals surface area (Å²) in [4.78, 5) is 8.59. The molecule has 3 aromatic rings. The van der Waals surface area contributed by atoms with Gasteiger partial charge in [0.1, 0.15) is 11.8 Å². The Hall–Kier alpha value is -2.30. The van der Waals surface area contributed by atoms with Crippen molar-refractivity contribution < 1.29 is 4.42 Å². The van der Waals surface area contributed by atoms with Gasteiger partial charge in [-0.15, -0.1) is 0 Å². The predicted octanol–water partition coefficient (Wildman–Crippen LogP) is 2.52. The number of aromatic nitrogens is 3. The highest BCUT2D eigenvalue weighted by Crippen LogP contribution is 2.26. The predicted molar refractivity (Wildman–Crippen MR) is 69.2 cm³/mol. The van der Waals surface area contributed by atoms with E-state index in [1.807, 2.05) is 42.7 Å². The highest BCUT2D eigenvalue weighted by molar-refractivity contribution is 5.78. The van der Waals surface area contributed by atoms with Gasteiger partial charge >= 0.3 is 0 Å². The maximum Gasteiger partial charge on any atom is 0.217 e. The van der Waals surface area contributed by atoms with Crippen LogP contribution in [-0.2, 0) is 0 Å². The molecule has 0 aliphatic carbocycles. The molecule has 5 nitrogen and oxygen atoms in total. The number of nitrogens with zero attached hydrogens (tertiary/aromatic N) is 3. The minimum Gasteiger partial charge on any atom is -0.444 e. The molecule has 0 fully saturated rings. The molecule has 3 rings (SSSR count). The number of fused-ring (bicyclic) bond motifs is 1. The van der Waals surface area contributed by atoms with Crippen LogP contribution in [0.4, 0.5) is 5.95 Å². The molecule has 0 bridgehead atoms. The fourth-order valence-electron chi connectivity index (χ4n) is 2.15. The number of hydrogen-bond acceptors (Lipinski definition) is 4. The summed E-state index contributed by atoms with van der Waals surface area (Å²) < 4.78 is 7.49. The number of imidazole rings is 1. The SMILES string of the molecule is Cc1cnc(C(C)n2c(N)nc3ccccc32)o1. The standard InChI is InChI=1S/C13H14N4O/c1-8-7-15-12(18-8)9(2)17-11-6-4-3-5-10(11)16-13(17)14/h3-7,9H,1-2H3,(H2,14,16). The van der Waals surface area contributed by atoms with Crippen LogP contribution >= 0.6 is 0 Å². The number of hydrogen-bond donors (Lipinski definition) is 1. The van der Waals surface area contributed by atoms with E-state index in [-0.39, 0.29) is 6.04 Å². The van der Waals surface area contributed by atoms with Crippen LogP contribution in [0.5, 0.6) is 0 Å². The second-order valence-corrected chi connectivity index (χ2v) is 4.31. The number of anilines is 1. The van der Waals surface area contributed by atoms with Crippen molar-refractivity contribution in [1.29, 1.82) is 0 Å². The Balaban J connectivity index is 2.16. The molecule has 0 amide bonds. The Morgan fingerprint density at radius 1 is 1.33 bits per heavy atom. The molecule has 1 atom stereocenters. The topological polar surface area (TPSA) is 69.9 Å². The molecule has 0 saturated carbocycles. The number of nitrogen functional groups attached to an aromatic ring is 1. The number of oxazole rings is 1. The van der Waals surface area contributed by atoms with Gasteiger partial charge in [0, 0.05) is 0 Å². The summed E-state index contributed by atoms with van der Waals surface area (Å²) in [7, 11) is 0. The summed E-state index contributed by atoms with van der Waals surface area (Å²) in [6, 6.07) is 7.76. The van der Waals surface area contributed by atoms with E-state index in [0.29, 0.717) is 11.8 Å². The van der Waals surface area contributed by atoms with Crippen LogP contribution in [0.1, 0.15) is 24.6 Å². The van der Waals surface area contributed by atoms with Crippen LogP contribution in [-0.4, -0.2) is 14.5 Å². The normalized spacial score (nSPS) is 13.0. The van der Waals surface area contributed by atoms with Gasteiger partial charge in [0.2, 0.25) is 11.8 Å². The molecule has 1 unspecified atom stereocenters. The van der Waals surface area contributed by atoms with E-state index < -0.39 is 0 Å². The third-order valence-corrected chi connectivity index (χ3v) is 3.01. The smallest absolute Gasteiger partial charge is 0.217 e. The zero-order valence-corrected chi connectivity index (χ0v) is 10.3. The van der Waals surface area contributed by atoms with Crippen molar-refractivity contribution in [3.63, 3.8) is 0 Å². The molecule has 0 radical (unpaired) electrons. The van der Waals surface area contributed by atoms with E-state index in [9.17, 15) is 0 Å². The molecule has 0 spiro atoms. The maximum atomic E-state index is 5.98. The van der Waals surface area contributed by atoms with Crippen LogP contribution in [0.25, 0.3) is 11.0 Å². The molecular weight excluding hydrogens is 228 g/mol. The Labute approximate surface area is 104 Å². The van der Waals surface area contributed by atoms with Crippen LogP contribution in [0, 0.1) is 6.92 Å². The van der Waals surface area contributed by atoms with Crippen molar-refractivity contribution in [1.82, 2.24) is 14.5 Å². The van der Waals surface area contributed by atoms with Crippen molar-refractivity contribution in [2.24, 2.45) is 0 Å². The van der Waals surface area contributed by atoms with Crippen LogP contribution in [0.3, 0.4) is 0 Å². The number of para-hydroxylation sites is 2. The fourth-order valence-corrected chi connectivity index (χ4v) is 2.15. The van der Waals surface area contributed by atoms with E-state index >= 15 is 0 Å². The van der Waals surface area contributed by atoms with Crippen LogP contribution in [0.2, 0.25) is 0 Å². The summed E-state index contributed by atoms with van der Waals surface area (Å²) in [6.07, 6.45) is 1.71. The van der Waals surface area contributed by atoms with Gasteiger partial charge in [-0.05, 0) is 26.0 Å².